The number of para-hydroxylation sites is 1. The molecule has 0 bridgehead atoms. The first-order chi connectivity index (χ1) is 16.7. The van der Waals surface area contributed by atoms with Gasteiger partial charge in [0, 0.05) is 56.4 Å². The van der Waals surface area contributed by atoms with Crippen LogP contribution in [-0.4, -0.2) is 67.4 Å². The molecule has 0 spiro atoms. The summed E-state index contributed by atoms with van der Waals surface area (Å²) in [6.07, 6.45) is 1.72. The van der Waals surface area contributed by atoms with E-state index in [0.29, 0.717) is 5.91 Å². The lowest BCUT2D eigenvalue weighted by molar-refractivity contribution is -0.136. The van der Waals surface area contributed by atoms with E-state index in [-0.39, 0.29) is 5.92 Å². The number of amides is 1. The lowest BCUT2D eigenvalue weighted by atomic mass is 9.95. The molecule has 34 heavy (non-hydrogen) atoms. The summed E-state index contributed by atoms with van der Waals surface area (Å²) in [4.78, 5) is 19.8. The number of benzene rings is 2. The van der Waals surface area contributed by atoms with Crippen molar-refractivity contribution in [3.05, 3.63) is 66.7 Å². The van der Waals surface area contributed by atoms with Crippen LogP contribution in [0.2, 0.25) is 0 Å². The average molecular weight is 458 g/mol. The van der Waals surface area contributed by atoms with Crippen LogP contribution < -0.4 is 14.5 Å². The SMILES string of the molecule is COc1ccc(-c2ccc(N3CCC(C(=O)N4CCN(c5ccccc5)CC4)CC3)nn2)cc1. The number of methoxy groups -OCH3 is 1. The van der Waals surface area contributed by atoms with Gasteiger partial charge in [0.2, 0.25) is 5.91 Å². The van der Waals surface area contributed by atoms with Crippen molar-refractivity contribution < 1.29 is 9.53 Å². The van der Waals surface area contributed by atoms with Crippen molar-refractivity contribution >= 4 is 17.4 Å². The van der Waals surface area contributed by atoms with Crippen LogP contribution in [0.1, 0.15) is 12.8 Å². The van der Waals surface area contributed by atoms with Gasteiger partial charge in [-0.2, -0.15) is 0 Å². The first kappa shape index (κ1) is 22.2. The second-order valence-electron chi connectivity index (χ2n) is 8.91. The molecule has 5 rings (SSSR count). The van der Waals surface area contributed by atoms with Crippen molar-refractivity contribution in [2.75, 3.05) is 56.2 Å². The molecule has 0 atom stereocenters. The van der Waals surface area contributed by atoms with Gasteiger partial charge in [-0.3, -0.25) is 4.79 Å². The van der Waals surface area contributed by atoms with Gasteiger partial charge in [0.15, 0.2) is 5.82 Å². The van der Waals surface area contributed by atoms with Gasteiger partial charge < -0.3 is 19.4 Å². The van der Waals surface area contributed by atoms with Gasteiger partial charge >= 0.3 is 0 Å². The zero-order chi connectivity index (χ0) is 23.3. The van der Waals surface area contributed by atoms with E-state index in [4.69, 9.17) is 4.74 Å². The van der Waals surface area contributed by atoms with Crippen molar-refractivity contribution in [3.63, 3.8) is 0 Å². The molecule has 0 saturated carbocycles. The van der Waals surface area contributed by atoms with Crippen LogP contribution in [0.5, 0.6) is 5.75 Å². The molecule has 2 saturated heterocycles. The molecule has 7 nitrogen and oxygen atoms in total. The highest BCUT2D eigenvalue weighted by molar-refractivity contribution is 5.79. The summed E-state index contributed by atoms with van der Waals surface area (Å²) in [5, 5.41) is 8.89. The van der Waals surface area contributed by atoms with Crippen LogP contribution in [0, 0.1) is 5.92 Å². The molecule has 7 heteroatoms. The Morgan fingerprint density at radius 3 is 2.12 bits per heavy atom. The summed E-state index contributed by atoms with van der Waals surface area (Å²) in [6, 6.07) is 22.3. The summed E-state index contributed by atoms with van der Waals surface area (Å²) < 4.78 is 5.22. The highest BCUT2D eigenvalue weighted by Crippen LogP contribution is 2.26. The molecular formula is C27H31N5O2. The fraction of sp³-hybridized carbons (Fsp3) is 0.370. The number of carbonyl (C=O) groups is 1. The predicted octanol–water partition coefficient (Wildman–Crippen LogP) is 3.72. The van der Waals surface area contributed by atoms with E-state index < -0.39 is 0 Å². The second kappa shape index (κ2) is 10.1. The van der Waals surface area contributed by atoms with Crippen LogP contribution in [0.25, 0.3) is 11.3 Å². The second-order valence-corrected chi connectivity index (χ2v) is 8.91. The van der Waals surface area contributed by atoms with Crippen molar-refractivity contribution in [1.29, 1.82) is 0 Å². The summed E-state index contributed by atoms with van der Waals surface area (Å²) in [5.41, 5.74) is 3.09. The number of aromatic nitrogens is 2. The Morgan fingerprint density at radius 2 is 1.50 bits per heavy atom. The van der Waals surface area contributed by atoms with Crippen LogP contribution in [0.4, 0.5) is 11.5 Å². The van der Waals surface area contributed by atoms with Crippen LogP contribution in [0.3, 0.4) is 0 Å². The maximum Gasteiger partial charge on any atom is 0.225 e. The summed E-state index contributed by atoms with van der Waals surface area (Å²) in [6.45, 7) is 5.04. The molecule has 0 aliphatic carbocycles. The molecular weight excluding hydrogens is 426 g/mol. The highest BCUT2D eigenvalue weighted by Gasteiger charge is 2.31. The first-order valence-corrected chi connectivity index (χ1v) is 12.0. The largest absolute Gasteiger partial charge is 0.497 e. The summed E-state index contributed by atoms with van der Waals surface area (Å²) >= 11 is 0. The van der Waals surface area contributed by atoms with Gasteiger partial charge in [-0.25, -0.2) is 0 Å². The first-order valence-electron chi connectivity index (χ1n) is 12.0. The topological polar surface area (TPSA) is 61.8 Å². The molecule has 0 radical (unpaired) electrons. The summed E-state index contributed by atoms with van der Waals surface area (Å²) in [7, 11) is 1.66. The van der Waals surface area contributed by atoms with Crippen molar-refractivity contribution in [1.82, 2.24) is 15.1 Å². The third-order valence-corrected chi connectivity index (χ3v) is 6.92. The Balaban J connectivity index is 1.12. The number of hydrogen-bond donors (Lipinski definition) is 0. The standard InChI is InChI=1S/C27H31N5O2/c1-34-24-9-7-21(8-10-24)25-11-12-26(29-28-25)31-15-13-22(14-16-31)27(33)32-19-17-30(18-20-32)23-5-3-2-4-6-23/h2-12,22H,13-20H2,1H3. The monoisotopic (exact) mass is 457 g/mol. The Bertz CT molecular complexity index is 1070. The van der Waals surface area contributed by atoms with Crippen molar-refractivity contribution in [3.8, 4) is 17.0 Å². The normalized spacial score (nSPS) is 17.0. The lowest BCUT2D eigenvalue weighted by Gasteiger charge is -2.39. The Hall–Kier alpha value is -3.61. The quantitative estimate of drug-likeness (QED) is 0.582. The van der Waals surface area contributed by atoms with E-state index in [1.54, 1.807) is 7.11 Å². The lowest BCUT2D eigenvalue weighted by Crippen LogP contribution is -2.51. The van der Waals surface area contributed by atoms with E-state index in [1.807, 2.05) is 42.5 Å². The fourth-order valence-corrected chi connectivity index (χ4v) is 4.85. The minimum atomic E-state index is 0.103. The Kier molecular flexibility index (Phi) is 6.60. The number of carbonyl (C=O) groups excluding carboxylic acids is 1. The van der Waals surface area contributed by atoms with Crippen LogP contribution in [0.15, 0.2) is 66.7 Å². The fourth-order valence-electron chi connectivity index (χ4n) is 4.85. The third-order valence-electron chi connectivity index (χ3n) is 6.92. The van der Waals surface area contributed by atoms with E-state index in [1.165, 1.54) is 5.69 Å². The maximum atomic E-state index is 13.1. The Morgan fingerprint density at radius 1 is 0.794 bits per heavy atom. The van der Waals surface area contributed by atoms with Gasteiger partial charge in [-0.1, -0.05) is 18.2 Å². The van der Waals surface area contributed by atoms with Gasteiger partial charge in [-0.05, 0) is 61.4 Å². The van der Waals surface area contributed by atoms with E-state index in [9.17, 15) is 4.79 Å². The highest BCUT2D eigenvalue weighted by atomic mass is 16.5. The number of piperidine rings is 1. The smallest absolute Gasteiger partial charge is 0.225 e. The van der Waals surface area contributed by atoms with Crippen LogP contribution >= 0.6 is 0 Å². The zero-order valence-electron chi connectivity index (χ0n) is 19.6. The minimum Gasteiger partial charge on any atom is -0.497 e. The number of ether oxygens (including phenoxy) is 1. The average Bonchev–Trinajstić information content (AvgIpc) is 2.93. The molecule has 2 aliphatic heterocycles. The van der Waals surface area contributed by atoms with Crippen molar-refractivity contribution in [2.24, 2.45) is 5.92 Å². The predicted molar refractivity (Wildman–Crippen MR) is 134 cm³/mol. The maximum absolute atomic E-state index is 13.1. The van der Waals surface area contributed by atoms with E-state index in [0.717, 1.165) is 74.9 Å². The molecule has 3 heterocycles. The van der Waals surface area contributed by atoms with Gasteiger partial charge in [0.1, 0.15) is 5.75 Å². The van der Waals surface area contributed by atoms with E-state index >= 15 is 0 Å². The number of hydrogen-bond acceptors (Lipinski definition) is 6. The third kappa shape index (κ3) is 4.83. The summed E-state index contributed by atoms with van der Waals surface area (Å²) in [5.74, 6) is 2.11. The molecule has 0 N–H and O–H groups in total. The Labute approximate surface area is 201 Å². The molecule has 1 aromatic heterocycles. The molecule has 2 aromatic carbocycles. The van der Waals surface area contributed by atoms with Gasteiger partial charge in [-0.15, -0.1) is 10.2 Å². The molecule has 0 unspecified atom stereocenters. The molecule has 3 aromatic rings. The van der Waals surface area contributed by atoms with Gasteiger partial charge in [0.25, 0.3) is 0 Å². The minimum absolute atomic E-state index is 0.103. The number of rotatable bonds is 5. The van der Waals surface area contributed by atoms with Crippen LogP contribution in [-0.2, 0) is 4.79 Å². The molecule has 1 amide bonds. The molecule has 2 aliphatic rings. The zero-order valence-corrected chi connectivity index (χ0v) is 19.6. The van der Waals surface area contributed by atoms with Crippen molar-refractivity contribution in [2.45, 2.75) is 12.8 Å². The number of anilines is 2. The van der Waals surface area contributed by atoms with E-state index in [2.05, 4.69) is 49.2 Å². The molecule has 2 fully saturated rings. The molecule has 176 valence electrons. The number of nitrogens with zero attached hydrogens (tertiary/aromatic N) is 5. The number of piperazine rings is 1. The van der Waals surface area contributed by atoms with Gasteiger partial charge in [0.05, 0.1) is 12.8 Å².